The highest BCUT2D eigenvalue weighted by atomic mass is 35.5. The minimum atomic E-state index is 0. The summed E-state index contributed by atoms with van der Waals surface area (Å²) < 4.78 is 0. The van der Waals surface area contributed by atoms with Gasteiger partial charge in [0.15, 0.2) is 0 Å². The quantitative estimate of drug-likeness (QED) is 0.891. The van der Waals surface area contributed by atoms with Crippen LogP contribution in [0.4, 0.5) is 5.69 Å². The van der Waals surface area contributed by atoms with Crippen molar-refractivity contribution in [2.75, 3.05) is 18.4 Å². The first-order chi connectivity index (χ1) is 8.84. The number of fused-ring (bicyclic) bond motifs is 1. The molecule has 0 unspecified atom stereocenters. The summed E-state index contributed by atoms with van der Waals surface area (Å²) in [6.45, 7) is 2.18. The number of pyridine rings is 1. The van der Waals surface area contributed by atoms with Gasteiger partial charge in [0.2, 0.25) is 0 Å². The van der Waals surface area contributed by atoms with E-state index >= 15 is 0 Å². The van der Waals surface area contributed by atoms with E-state index in [0.717, 1.165) is 47.4 Å². The van der Waals surface area contributed by atoms with Crippen LogP contribution >= 0.6 is 24.0 Å². The largest absolute Gasteiger partial charge is 0.382 e. The van der Waals surface area contributed by atoms with E-state index in [0.29, 0.717) is 6.04 Å². The van der Waals surface area contributed by atoms with Crippen molar-refractivity contribution >= 4 is 40.5 Å². The van der Waals surface area contributed by atoms with Crippen LogP contribution in [0.3, 0.4) is 0 Å². The topological polar surface area (TPSA) is 37.0 Å². The summed E-state index contributed by atoms with van der Waals surface area (Å²) in [5, 5.41) is 9.92. The maximum absolute atomic E-state index is 6.19. The Morgan fingerprint density at radius 1 is 1.16 bits per heavy atom. The van der Waals surface area contributed by atoms with Gasteiger partial charge < -0.3 is 10.6 Å². The molecule has 3 nitrogen and oxygen atoms in total. The maximum atomic E-state index is 6.19. The lowest BCUT2D eigenvalue weighted by Gasteiger charge is -2.25. The molecular formula is C14H17Cl2N3. The highest BCUT2D eigenvalue weighted by molar-refractivity contribution is 6.36. The number of aromatic nitrogens is 1. The second kappa shape index (κ2) is 6.42. The number of rotatable bonds is 2. The number of hydrogen-bond acceptors (Lipinski definition) is 3. The third-order valence-electron chi connectivity index (χ3n) is 3.46. The van der Waals surface area contributed by atoms with Crippen molar-refractivity contribution in [3.05, 3.63) is 35.6 Å². The zero-order chi connectivity index (χ0) is 12.4. The second-order valence-electron chi connectivity index (χ2n) is 4.68. The molecule has 1 aromatic heterocycles. The summed E-state index contributed by atoms with van der Waals surface area (Å²) in [6.07, 6.45) is 5.96. The van der Waals surface area contributed by atoms with Gasteiger partial charge in [0.25, 0.3) is 0 Å². The summed E-state index contributed by atoms with van der Waals surface area (Å²) in [4.78, 5) is 4.14. The normalized spacial score (nSPS) is 16.1. The average molecular weight is 298 g/mol. The molecule has 19 heavy (non-hydrogen) atoms. The Hall–Kier alpha value is -1.03. The molecule has 0 aliphatic carbocycles. The van der Waals surface area contributed by atoms with E-state index < -0.39 is 0 Å². The first kappa shape index (κ1) is 14.4. The van der Waals surface area contributed by atoms with Crippen molar-refractivity contribution in [2.24, 2.45) is 0 Å². The summed E-state index contributed by atoms with van der Waals surface area (Å²) in [6, 6.07) is 6.57. The van der Waals surface area contributed by atoms with Gasteiger partial charge in [0.1, 0.15) is 0 Å². The molecule has 0 bridgehead atoms. The Bertz CT molecular complexity index is 553. The number of nitrogens with zero attached hydrogens (tertiary/aromatic N) is 1. The van der Waals surface area contributed by atoms with Crippen LogP contribution in [0.1, 0.15) is 12.8 Å². The second-order valence-corrected chi connectivity index (χ2v) is 5.09. The molecule has 102 valence electrons. The Balaban J connectivity index is 0.00000133. The SMILES string of the molecule is Cl.Clc1ccc(NC2CCNCC2)c2ccncc12. The Morgan fingerprint density at radius 3 is 2.74 bits per heavy atom. The van der Waals surface area contributed by atoms with Crippen LogP contribution in [0.5, 0.6) is 0 Å². The van der Waals surface area contributed by atoms with Crippen LogP contribution in [0.2, 0.25) is 5.02 Å². The molecule has 1 aliphatic rings. The lowest BCUT2D eigenvalue weighted by atomic mass is 10.0. The molecule has 3 rings (SSSR count). The van der Waals surface area contributed by atoms with Gasteiger partial charge in [-0.2, -0.15) is 0 Å². The summed E-state index contributed by atoms with van der Waals surface area (Å²) in [7, 11) is 0. The summed E-state index contributed by atoms with van der Waals surface area (Å²) >= 11 is 6.19. The average Bonchev–Trinajstić information content (AvgIpc) is 2.44. The minimum absolute atomic E-state index is 0. The fourth-order valence-electron chi connectivity index (χ4n) is 2.47. The standard InChI is InChI=1S/C14H16ClN3.ClH/c15-13-1-2-14(11-5-8-17-9-12(11)13)18-10-3-6-16-7-4-10;/h1-2,5,8-10,16,18H,3-4,6-7H2;1H. The Morgan fingerprint density at radius 2 is 1.95 bits per heavy atom. The molecule has 0 amide bonds. The van der Waals surface area contributed by atoms with Crippen LogP contribution in [0.25, 0.3) is 10.8 Å². The van der Waals surface area contributed by atoms with Gasteiger partial charge in [-0.05, 0) is 44.1 Å². The van der Waals surface area contributed by atoms with E-state index in [1.54, 1.807) is 0 Å². The molecule has 0 radical (unpaired) electrons. The fourth-order valence-corrected chi connectivity index (χ4v) is 2.68. The maximum Gasteiger partial charge on any atom is 0.0501 e. The molecule has 1 aliphatic heterocycles. The van der Waals surface area contributed by atoms with E-state index in [4.69, 9.17) is 11.6 Å². The Kier molecular flexibility index (Phi) is 4.86. The molecule has 0 spiro atoms. The smallest absolute Gasteiger partial charge is 0.0501 e. The third kappa shape index (κ3) is 3.11. The van der Waals surface area contributed by atoms with Crippen LogP contribution < -0.4 is 10.6 Å². The van der Waals surface area contributed by atoms with Gasteiger partial charge in [-0.15, -0.1) is 12.4 Å². The van der Waals surface area contributed by atoms with Gasteiger partial charge in [-0.25, -0.2) is 0 Å². The zero-order valence-electron chi connectivity index (χ0n) is 10.5. The third-order valence-corrected chi connectivity index (χ3v) is 3.79. The van der Waals surface area contributed by atoms with Gasteiger partial charge in [-0.3, -0.25) is 4.98 Å². The molecule has 0 saturated carbocycles. The van der Waals surface area contributed by atoms with E-state index in [9.17, 15) is 0 Å². The van der Waals surface area contributed by atoms with E-state index in [2.05, 4.69) is 21.7 Å². The molecule has 2 heterocycles. The highest BCUT2D eigenvalue weighted by Crippen LogP contribution is 2.29. The molecule has 0 atom stereocenters. The molecule has 2 N–H and O–H groups in total. The molecule has 1 fully saturated rings. The van der Waals surface area contributed by atoms with Crippen molar-refractivity contribution in [1.82, 2.24) is 10.3 Å². The van der Waals surface area contributed by atoms with Crippen LogP contribution in [-0.2, 0) is 0 Å². The summed E-state index contributed by atoms with van der Waals surface area (Å²) in [5.74, 6) is 0. The highest BCUT2D eigenvalue weighted by Gasteiger charge is 2.14. The fraction of sp³-hybridized carbons (Fsp3) is 0.357. The molecule has 2 aromatic rings. The first-order valence-electron chi connectivity index (χ1n) is 6.34. The zero-order valence-corrected chi connectivity index (χ0v) is 12.1. The number of benzene rings is 1. The molecule has 1 aromatic carbocycles. The van der Waals surface area contributed by atoms with Crippen molar-refractivity contribution < 1.29 is 0 Å². The van der Waals surface area contributed by atoms with Crippen molar-refractivity contribution in [2.45, 2.75) is 18.9 Å². The summed E-state index contributed by atoms with van der Waals surface area (Å²) in [5.41, 5.74) is 1.16. The minimum Gasteiger partial charge on any atom is -0.382 e. The van der Waals surface area contributed by atoms with Crippen molar-refractivity contribution in [1.29, 1.82) is 0 Å². The van der Waals surface area contributed by atoms with Crippen LogP contribution in [0.15, 0.2) is 30.6 Å². The van der Waals surface area contributed by atoms with Gasteiger partial charge in [0, 0.05) is 34.9 Å². The first-order valence-corrected chi connectivity index (χ1v) is 6.72. The monoisotopic (exact) mass is 297 g/mol. The predicted octanol–water partition coefficient (Wildman–Crippen LogP) is 3.47. The number of piperidine rings is 1. The predicted molar refractivity (Wildman–Crippen MR) is 83.5 cm³/mol. The molecule has 5 heteroatoms. The van der Waals surface area contributed by atoms with Crippen LogP contribution in [0, 0.1) is 0 Å². The number of hydrogen-bond donors (Lipinski definition) is 2. The van der Waals surface area contributed by atoms with Crippen molar-refractivity contribution in [3.63, 3.8) is 0 Å². The van der Waals surface area contributed by atoms with E-state index in [1.807, 2.05) is 24.5 Å². The molecule has 1 saturated heterocycles. The van der Waals surface area contributed by atoms with Gasteiger partial charge in [0.05, 0.1) is 5.02 Å². The molecular weight excluding hydrogens is 281 g/mol. The van der Waals surface area contributed by atoms with Gasteiger partial charge in [-0.1, -0.05) is 11.6 Å². The van der Waals surface area contributed by atoms with Crippen molar-refractivity contribution in [3.8, 4) is 0 Å². The van der Waals surface area contributed by atoms with E-state index in [-0.39, 0.29) is 12.4 Å². The Labute approximate surface area is 124 Å². The van der Waals surface area contributed by atoms with Gasteiger partial charge >= 0.3 is 0 Å². The number of nitrogens with one attached hydrogen (secondary N) is 2. The number of halogens is 2. The lowest BCUT2D eigenvalue weighted by molar-refractivity contribution is 0.479. The lowest BCUT2D eigenvalue weighted by Crippen LogP contribution is -2.35. The van der Waals surface area contributed by atoms with Crippen LogP contribution in [-0.4, -0.2) is 24.1 Å². The van der Waals surface area contributed by atoms with E-state index in [1.165, 1.54) is 0 Å². The number of anilines is 1.